The maximum atomic E-state index is 14.0. The number of halogens is 1. The Morgan fingerprint density at radius 1 is 0.972 bits per heavy atom. The van der Waals surface area contributed by atoms with Gasteiger partial charge in [-0.3, -0.25) is 0 Å². The predicted molar refractivity (Wildman–Crippen MR) is 128 cm³/mol. The quantitative estimate of drug-likeness (QED) is 0.482. The topological polar surface area (TPSA) is 115 Å². The van der Waals surface area contributed by atoms with Gasteiger partial charge in [0, 0.05) is 5.70 Å². The van der Waals surface area contributed by atoms with Crippen LogP contribution >= 0.6 is 0 Å². The summed E-state index contributed by atoms with van der Waals surface area (Å²) in [6.07, 6.45) is 0.627. The molecule has 0 radical (unpaired) electrons. The maximum absolute atomic E-state index is 14.0. The summed E-state index contributed by atoms with van der Waals surface area (Å²) in [6, 6.07) is 22.1. The van der Waals surface area contributed by atoms with Crippen LogP contribution in [0.3, 0.4) is 0 Å². The first-order chi connectivity index (χ1) is 17.5. The molecule has 1 heterocycles. The number of allylic oxidation sites excluding steroid dienone is 1. The highest BCUT2D eigenvalue weighted by Crippen LogP contribution is 2.30. The van der Waals surface area contributed by atoms with Crippen molar-refractivity contribution in [3.8, 4) is 12.1 Å². The number of carbonyl (C=O) groups excluding carboxylic acids is 2. The molecule has 0 aromatic heterocycles. The summed E-state index contributed by atoms with van der Waals surface area (Å²) >= 11 is 0. The van der Waals surface area contributed by atoms with Crippen LogP contribution in [-0.4, -0.2) is 12.0 Å². The largest absolute Gasteiger partial charge is 0.457 e. The second-order valence-electron chi connectivity index (χ2n) is 8.14. The summed E-state index contributed by atoms with van der Waals surface area (Å²) in [5.74, 6) is -1.20. The average Bonchev–Trinajstić information content (AvgIpc) is 2.90. The summed E-state index contributed by atoms with van der Waals surface area (Å²) < 4.78 is 19.6. The molecule has 0 aliphatic carbocycles. The summed E-state index contributed by atoms with van der Waals surface area (Å²) in [5, 5.41) is 23.9. The molecule has 1 aliphatic rings. The van der Waals surface area contributed by atoms with Gasteiger partial charge in [0.1, 0.15) is 12.4 Å². The van der Waals surface area contributed by atoms with Crippen molar-refractivity contribution in [2.45, 2.75) is 25.5 Å². The Kier molecular flexibility index (Phi) is 7.38. The highest BCUT2D eigenvalue weighted by molar-refractivity contribution is 5.95. The molecule has 4 rings (SSSR count). The number of nitrogens with zero attached hydrogens (tertiary/aromatic N) is 2. The van der Waals surface area contributed by atoms with Gasteiger partial charge in [-0.1, -0.05) is 42.5 Å². The molecule has 0 fully saturated rings. The monoisotopic (exact) mass is 480 g/mol. The van der Waals surface area contributed by atoms with E-state index in [0.29, 0.717) is 34.4 Å². The Balaban J connectivity index is 1.68. The number of esters is 1. The van der Waals surface area contributed by atoms with Gasteiger partial charge in [-0.05, 0) is 59.9 Å². The van der Waals surface area contributed by atoms with Gasteiger partial charge in [-0.2, -0.15) is 10.5 Å². The van der Waals surface area contributed by atoms with E-state index in [9.17, 15) is 19.2 Å². The van der Waals surface area contributed by atoms with Gasteiger partial charge in [-0.25, -0.2) is 14.0 Å². The van der Waals surface area contributed by atoms with E-state index < -0.39 is 23.9 Å². The molecule has 2 N–H and O–H groups in total. The molecular weight excluding hydrogens is 459 g/mol. The number of hydrogen-bond acceptors (Lipinski definition) is 5. The number of nitrogens with one attached hydrogen (secondary N) is 2. The average molecular weight is 480 g/mol. The minimum atomic E-state index is -0.936. The fourth-order valence-corrected chi connectivity index (χ4v) is 4.06. The molecule has 2 amide bonds. The standard InChI is InChI=1S/C28H21FN4O3/c29-23-10-4-9-21(14-23)26-25(27(34)36-17-19-6-3-5-18(13-19)15-30)24(32-28(35)33-26)12-11-20-7-1-2-8-22(20)16-31/h1-10,13-14,26H,11-12,17H2,(H2,32,33,35). The van der Waals surface area contributed by atoms with Crippen LogP contribution in [0, 0.1) is 28.5 Å². The molecule has 3 aromatic carbocycles. The van der Waals surface area contributed by atoms with E-state index in [2.05, 4.69) is 16.7 Å². The molecule has 8 heteroatoms. The Morgan fingerprint density at radius 2 is 1.78 bits per heavy atom. The number of urea groups is 1. The van der Waals surface area contributed by atoms with Crippen molar-refractivity contribution in [3.63, 3.8) is 0 Å². The molecule has 0 saturated heterocycles. The SMILES string of the molecule is N#Cc1cccc(COC(=O)C2=C(CCc3ccccc3C#N)NC(=O)NC2c2cccc(F)c2)c1. The zero-order chi connectivity index (χ0) is 25.5. The van der Waals surface area contributed by atoms with Crippen molar-refractivity contribution < 1.29 is 18.7 Å². The molecular formula is C28H21FN4O3. The zero-order valence-corrected chi connectivity index (χ0v) is 19.1. The van der Waals surface area contributed by atoms with E-state index in [1.165, 1.54) is 18.2 Å². The number of rotatable bonds is 7. The van der Waals surface area contributed by atoms with Crippen LogP contribution in [0.1, 0.15) is 40.3 Å². The van der Waals surface area contributed by atoms with Crippen molar-refractivity contribution in [2.75, 3.05) is 0 Å². The van der Waals surface area contributed by atoms with Crippen molar-refractivity contribution in [1.82, 2.24) is 10.6 Å². The van der Waals surface area contributed by atoms with Crippen LogP contribution in [0.4, 0.5) is 9.18 Å². The van der Waals surface area contributed by atoms with E-state index in [1.807, 2.05) is 18.2 Å². The first kappa shape index (κ1) is 24.2. The normalized spacial score (nSPS) is 14.8. The Hall–Kier alpha value is -4.95. The molecule has 0 bridgehead atoms. The first-order valence-electron chi connectivity index (χ1n) is 11.2. The number of hydrogen-bond donors (Lipinski definition) is 2. The summed E-state index contributed by atoms with van der Waals surface area (Å²) in [5.41, 5.74) is 3.19. The third-order valence-electron chi connectivity index (χ3n) is 5.76. The van der Waals surface area contributed by atoms with Gasteiger partial charge < -0.3 is 15.4 Å². The summed E-state index contributed by atoms with van der Waals surface area (Å²) in [6.45, 7) is -0.0911. The lowest BCUT2D eigenvalue weighted by Crippen LogP contribution is -2.46. The van der Waals surface area contributed by atoms with E-state index in [1.54, 1.807) is 42.5 Å². The zero-order valence-electron chi connectivity index (χ0n) is 19.1. The van der Waals surface area contributed by atoms with Crippen LogP contribution in [-0.2, 0) is 22.6 Å². The molecule has 1 unspecified atom stereocenters. The molecule has 178 valence electrons. The minimum absolute atomic E-state index is 0.0911. The predicted octanol–water partition coefficient (Wildman–Crippen LogP) is 4.55. The molecule has 1 atom stereocenters. The van der Waals surface area contributed by atoms with Crippen LogP contribution in [0.25, 0.3) is 0 Å². The van der Waals surface area contributed by atoms with Gasteiger partial charge in [0.05, 0.1) is 34.9 Å². The lowest BCUT2D eigenvalue weighted by molar-refractivity contribution is -0.140. The van der Waals surface area contributed by atoms with Gasteiger partial charge >= 0.3 is 12.0 Å². The molecule has 0 spiro atoms. The maximum Gasteiger partial charge on any atom is 0.338 e. The Labute approximate surface area is 207 Å². The third-order valence-corrected chi connectivity index (χ3v) is 5.76. The third kappa shape index (κ3) is 5.57. The van der Waals surface area contributed by atoms with Crippen molar-refractivity contribution in [3.05, 3.63) is 118 Å². The summed E-state index contributed by atoms with van der Waals surface area (Å²) in [4.78, 5) is 25.9. The number of ether oxygens (including phenoxy) is 1. The van der Waals surface area contributed by atoms with E-state index in [-0.39, 0.29) is 18.6 Å². The summed E-state index contributed by atoms with van der Waals surface area (Å²) in [7, 11) is 0. The van der Waals surface area contributed by atoms with Gasteiger partial charge in [-0.15, -0.1) is 0 Å². The number of aryl methyl sites for hydroxylation is 1. The van der Waals surface area contributed by atoms with Crippen LogP contribution in [0.5, 0.6) is 0 Å². The molecule has 36 heavy (non-hydrogen) atoms. The molecule has 7 nitrogen and oxygen atoms in total. The van der Waals surface area contributed by atoms with Crippen molar-refractivity contribution in [1.29, 1.82) is 10.5 Å². The van der Waals surface area contributed by atoms with Crippen LogP contribution < -0.4 is 10.6 Å². The Morgan fingerprint density at radius 3 is 2.56 bits per heavy atom. The van der Waals surface area contributed by atoms with E-state index >= 15 is 0 Å². The van der Waals surface area contributed by atoms with Crippen molar-refractivity contribution in [2.24, 2.45) is 0 Å². The van der Waals surface area contributed by atoms with Gasteiger partial charge in [0.25, 0.3) is 0 Å². The number of amides is 2. The minimum Gasteiger partial charge on any atom is -0.457 e. The highest BCUT2D eigenvalue weighted by atomic mass is 19.1. The number of benzene rings is 3. The first-order valence-corrected chi connectivity index (χ1v) is 11.2. The number of carbonyl (C=O) groups is 2. The van der Waals surface area contributed by atoms with Gasteiger partial charge in [0.2, 0.25) is 0 Å². The van der Waals surface area contributed by atoms with Crippen LogP contribution in [0.2, 0.25) is 0 Å². The van der Waals surface area contributed by atoms with E-state index in [4.69, 9.17) is 10.00 Å². The Bertz CT molecular complexity index is 1430. The molecule has 0 saturated carbocycles. The van der Waals surface area contributed by atoms with Crippen molar-refractivity contribution >= 4 is 12.0 Å². The fraction of sp³-hybridized carbons (Fsp3) is 0.143. The second kappa shape index (κ2) is 11.0. The lowest BCUT2D eigenvalue weighted by Gasteiger charge is -2.29. The fourth-order valence-electron chi connectivity index (χ4n) is 4.06. The van der Waals surface area contributed by atoms with Gasteiger partial charge in [0.15, 0.2) is 0 Å². The highest BCUT2D eigenvalue weighted by Gasteiger charge is 2.34. The lowest BCUT2D eigenvalue weighted by atomic mass is 9.92. The number of nitriles is 2. The molecule has 1 aliphatic heterocycles. The molecule has 3 aromatic rings. The second-order valence-corrected chi connectivity index (χ2v) is 8.14. The van der Waals surface area contributed by atoms with Crippen LogP contribution in [0.15, 0.2) is 84.1 Å². The smallest absolute Gasteiger partial charge is 0.338 e. The van der Waals surface area contributed by atoms with E-state index in [0.717, 1.165) is 5.56 Å².